The van der Waals surface area contributed by atoms with Crippen LogP contribution in [0.4, 0.5) is 0 Å². The average Bonchev–Trinajstić information content (AvgIpc) is 2.87. The molecule has 0 unspecified atom stereocenters. The van der Waals surface area contributed by atoms with Crippen LogP contribution in [0.25, 0.3) is 0 Å². The summed E-state index contributed by atoms with van der Waals surface area (Å²) in [6.45, 7) is 2.79. The van der Waals surface area contributed by atoms with Gasteiger partial charge in [-0.05, 0) is 67.7 Å². The van der Waals surface area contributed by atoms with Gasteiger partial charge in [-0.2, -0.15) is 0 Å². The fourth-order valence-corrected chi connectivity index (χ4v) is 4.68. The largest absolute Gasteiger partial charge is 0.390 e. The van der Waals surface area contributed by atoms with Crippen LogP contribution in [-0.2, 0) is 11.8 Å². The zero-order valence-corrected chi connectivity index (χ0v) is 15.1. The SMILES string of the molecule is O[C@@H]1[C@@H](NCCc2ccc(Cl)cc2)c2ccccc2C12CCNCC2. The number of aliphatic hydroxyl groups excluding tert-OH is 1. The fraction of sp³-hybridized carbons (Fsp3) is 0.429. The summed E-state index contributed by atoms with van der Waals surface area (Å²) in [5, 5.41) is 19.0. The molecule has 2 aromatic carbocycles. The van der Waals surface area contributed by atoms with E-state index >= 15 is 0 Å². The number of hydrogen-bond acceptors (Lipinski definition) is 3. The molecule has 0 saturated carbocycles. The molecule has 3 N–H and O–H groups in total. The van der Waals surface area contributed by atoms with Crippen molar-refractivity contribution in [3.63, 3.8) is 0 Å². The zero-order chi connectivity index (χ0) is 17.3. The quantitative estimate of drug-likeness (QED) is 0.788. The summed E-state index contributed by atoms with van der Waals surface area (Å²) in [4.78, 5) is 0. The maximum absolute atomic E-state index is 11.2. The summed E-state index contributed by atoms with van der Waals surface area (Å²) in [5.41, 5.74) is 3.77. The molecule has 132 valence electrons. The van der Waals surface area contributed by atoms with Crippen molar-refractivity contribution in [1.29, 1.82) is 0 Å². The second-order valence-corrected chi connectivity index (χ2v) is 7.68. The first-order valence-corrected chi connectivity index (χ1v) is 9.54. The predicted octanol–water partition coefficient (Wildman–Crippen LogP) is 3.21. The molecule has 1 spiro atoms. The highest BCUT2D eigenvalue weighted by Crippen LogP contribution is 2.49. The van der Waals surface area contributed by atoms with Crippen molar-refractivity contribution >= 4 is 11.6 Å². The molecule has 0 amide bonds. The van der Waals surface area contributed by atoms with Gasteiger partial charge in [-0.1, -0.05) is 48.0 Å². The Morgan fingerprint density at radius 1 is 1.08 bits per heavy atom. The second kappa shape index (κ2) is 7.08. The number of aliphatic hydroxyl groups is 1. The van der Waals surface area contributed by atoms with E-state index in [9.17, 15) is 5.11 Å². The van der Waals surface area contributed by atoms with Gasteiger partial charge in [0.1, 0.15) is 0 Å². The van der Waals surface area contributed by atoms with E-state index in [0.29, 0.717) is 0 Å². The zero-order valence-electron chi connectivity index (χ0n) is 14.3. The van der Waals surface area contributed by atoms with Gasteiger partial charge in [-0.3, -0.25) is 0 Å². The van der Waals surface area contributed by atoms with E-state index in [1.54, 1.807) is 0 Å². The summed E-state index contributed by atoms with van der Waals surface area (Å²) in [6.07, 6.45) is 2.57. The van der Waals surface area contributed by atoms with Crippen LogP contribution in [0.5, 0.6) is 0 Å². The monoisotopic (exact) mass is 356 g/mol. The van der Waals surface area contributed by atoms with Gasteiger partial charge in [0.05, 0.1) is 12.1 Å². The summed E-state index contributed by atoms with van der Waals surface area (Å²) in [7, 11) is 0. The van der Waals surface area contributed by atoms with E-state index in [1.807, 2.05) is 12.1 Å². The average molecular weight is 357 g/mol. The molecule has 4 heteroatoms. The van der Waals surface area contributed by atoms with Crippen molar-refractivity contribution in [3.05, 3.63) is 70.2 Å². The predicted molar refractivity (Wildman–Crippen MR) is 102 cm³/mol. The van der Waals surface area contributed by atoms with Crippen LogP contribution in [0.15, 0.2) is 48.5 Å². The maximum atomic E-state index is 11.2. The molecule has 2 aromatic rings. The number of rotatable bonds is 4. The van der Waals surface area contributed by atoms with Crippen LogP contribution in [0, 0.1) is 0 Å². The smallest absolute Gasteiger partial charge is 0.0832 e. The summed E-state index contributed by atoms with van der Waals surface area (Å²) >= 11 is 5.95. The third-order valence-electron chi connectivity index (χ3n) is 5.90. The van der Waals surface area contributed by atoms with Crippen molar-refractivity contribution < 1.29 is 5.11 Å². The molecular weight excluding hydrogens is 332 g/mol. The number of hydrogen-bond donors (Lipinski definition) is 3. The lowest BCUT2D eigenvalue weighted by molar-refractivity contribution is 0.0445. The van der Waals surface area contributed by atoms with Crippen molar-refractivity contribution in [2.45, 2.75) is 36.8 Å². The highest BCUT2D eigenvalue weighted by Gasteiger charge is 2.51. The molecular formula is C21H25ClN2O. The summed E-state index contributed by atoms with van der Waals surface area (Å²) in [6, 6.07) is 16.6. The minimum atomic E-state index is -0.364. The Bertz CT molecular complexity index is 725. The molecule has 2 atom stereocenters. The van der Waals surface area contributed by atoms with Gasteiger partial charge in [0.25, 0.3) is 0 Å². The van der Waals surface area contributed by atoms with Crippen molar-refractivity contribution in [2.24, 2.45) is 0 Å². The lowest BCUT2D eigenvalue weighted by atomic mass is 9.72. The van der Waals surface area contributed by atoms with Gasteiger partial charge < -0.3 is 15.7 Å². The third kappa shape index (κ3) is 3.11. The normalized spacial score (nSPS) is 24.4. The minimum Gasteiger partial charge on any atom is -0.390 e. The van der Waals surface area contributed by atoms with Gasteiger partial charge >= 0.3 is 0 Å². The molecule has 1 heterocycles. The van der Waals surface area contributed by atoms with E-state index in [2.05, 4.69) is 47.0 Å². The number of piperidine rings is 1. The van der Waals surface area contributed by atoms with Crippen LogP contribution in [0.3, 0.4) is 0 Å². The van der Waals surface area contributed by atoms with E-state index in [0.717, 1.165) is 43.9 Å². The summed E-state index contributed by atoms with van der Waals surface area (Å²) < 4.78 is 0. The van der Waals surface area contributed by atoms with E-state index in [1.165, 1.54) is 16.7 Å². The third-order valence-corrected chi connectivity index (χ3v) is 6.15. The van der Waals surface area contributed by atoms with Crippen LogP contribution in [-0.4, -0.2) is 30.8 Å². The lowest BCUT2D eigenvalue weighted by Crippen LogP contribution is -2.48. The minimum absolute atomic E-state index is 0.0154. The maximum Gasteiger partial charge on any atom is 0.0832 e. The Morgan fingerprint density at radius 3 is 2.56 bits per heavy atom. The first-order chi connectivity index (χ1) is 12.2. The van der Waals surface area contributed by atoms with Gasteiger partial charge in [0.2, 0.25) is 0 Å². The van der Waals surface area contributed by atoms with Crippen LogP contribution >= 0.6 is 11.6 Å². The first-order valence-electron chi connectivity index (χ1n) is 9.17. The number of fused-ring (bicyclic) bond motifs is 2. The van der Waals surface area contributed by atoms with Crippen LogP contribution in [0.1, 0.15) is 35.6 Å². The van der Waals surface area contributed by atoms with Gasteiger partial charge in [0.15, 0.2) is 0 Å². The fourth-order valence-electron chi connectivity index (χ4n) is 4.55. The number of halogens is 1. The molecule has 1 fully saturated rings. The number of nitrogens with one attached hydrogen (secondary N) is 2. The van der Waals surface area contributed by atoms with Gasteiger partial charge in [-0.15, -0.1) is 0 Å². The van der Waals surface area contributed by atoms with E-state index in [4.69, 9.17) is 11.6 Å². The Kier molecular flexibility index (Phi) is 4.83. The van der Waals surface area contributed by atoms with Crippen molar-refractivity contribution in [2.75, 3.05) is 19.6 Å². The summed E-state index contributed by atoms with van der Waals surface area (Å²) in [5.74, 6) is 0. The topological polar surface area (TPSA) is 44.3 Å². The molecule has 4 rings (SSSR count). The first kappa shape index (κ1) is 17.0. The molecule has 2 aliphatic rings. The molecule has 0 aromatic heterocycles. The van der Waals surface area contributed by atoms with Crippen LogP contribution in [0.2, 0.25) is 5.02 Å². The molecule has 0 radical (unpaired) electrons. The standard InChI is InChI=1S/C21H25ClN2O/c22-16-7-5-15(6-8-16)9-12-24-19-17-3-1-2-4-18(17)21(20(19)25)10-13-23-14-11-21/h1-8,19-20,23-25H,9-14H2/t19-,20+/m0/s1. The second-order valence-electron chi connectivity index (χ2n) is 7.25. The molecule has 0 bridgehead atoms. The van der Waals surface area contributed by atoms with Crippen molar-refractivity contribution in [1.82, 2.24) is 10.6 Å². The highest BCUT2D eigenvalue weighted by atomic mass is 35.5. The van der Waals surface area contributed by atoms with Gasteiger partial charge in [-0.25, -0.2) is 0 Å². The van der Waals surface area contributed by atoms with Gasteiger partial charge in [0, 0.05) is 10.4 Å². The molecule has 1 aliphatic heterocycles. The molecule has 1 saturated heterocycles. The molecule has 1 aliphatic carbocycles. The Hall–Kier alpha value is -1.39. The molecule has 3 nitrogen and oxygen atoms in total. The van der Waals surface area contributed by atoms with E-state index in [-0.39, 0.29) is 17.6 Å². The highest BCUT2D eigenvalue weighted by molar-refractivity contribution is 6.30. The number of benzene rings is 2. The Balaban J connectivity index is 1.50. The molecule has 25 heavy (non-hydrogen) atoms. The van der Waals surface area contributed by atoms with Crippen molar-refractivity contribution in [3.8, 4) is 0 Å². The van der Waals surface area contributed by atoms with E-state index < -0.39 is 0 Å². The Labute approximate surface area is 154 Å². The Morgan fingerprint density at radius 2 is 1.80 bits per heavy atom. The lowest BCUT2D eigenvalue weighted by Gasteiger charge is -2.39. The van der Waals surface area contributed by atoms with Crippen LogP contribution < -0.4 is 10.6 Å².